The molecule has 0 N–H and O–H groups in total. The molecule has 0 spiro atoms. The van der Waals surface area contributed by atoms with Crippen LogP contribution in [0.4, 0.5) is 13.2 Å². The van der Waals surface area contributed by atoms with Crippen LogP contribution in [0, 0.1) is 0 Å². The second kappa shape index (κ2) is 5.15. The largest absolute Gasteiger partial charge is 0.432 e. The van der Waals surface area contributed by atoms with Gasteiger partial charge in [-0.15, -0.1) is 0 Å². The fraction of sp³-hybridized carbons (Fsp3) is 0.333. The lowest BCUT2D eigenvalue weighted by Crippen LogP contribution is -2.21. The highest BCUT2D eigenvalue weighted by atomic mass is 32.2. The summed E-state index contributed by atoms with van der Waals surface area (Å²) in [6, 6.07) is 7.79. The highest BCUT2D eigenvalue weighted by Crippen LogP contribution is 2.32. The van der Waals surface area contributed by atoms with Gasteiger partial charge in [-0.2, -0.15) is 13.2 Å². The topological polar surface area (TPSA) is 39.1 Å². The molecular weight excluding hydrogens is 315 g/mol. The quantitative estimate of drug-likeness (QED) is 0.833. The van der Waals surface area contributed by atoms with E-state index in [9.17, 15) is 21.6 Å². The monoisotopic (exact) mass is 331 g/mol. The van der Waals surface area contributed by atoms with Crippen LogP contribution < -0.4 is 0 Å². The third kappa shape index (κ3) is 3.04. The minimum absolute atomic E-state index is 0.165. The molecule has 1 heterocycles. The summed E-state index contributed by atoms with van der Waals surface area (Å²) in [6.45, 7) is 5.70. The minimum Gasteiger partial charge on any atom is -0.237 e. The zero-order chi connectivity index (χ0) is 16.8. The van der Waals surface area contributed by atoms with Gasteiger partial charge in [0.25, 0.3) is 10.0 Å². The van der Waals surface area contributed by atoms with Gasteiger partial charge < -0.3 is 0 Å². The minimum atomic E-state index is -4.74. The lowest BCUT2D eigenvalue weighted by Gasteiger charge is -2.20. The van der Waals surface area contributed by atoms with Crippen molar-refractivity contribution in [1.82, 2.24) is 3.97 Å². The van der Waals surface area contributed by atoms with Crippen LogP contribution >= 0.6 is 0 Å². The van der Waals surface area contributed by atoms with Gasteiger partial charge in [0.1, 0.15) is 5.69 Å². The average Bonchev–Trinajstić information content (AvgIpc) is 2.87. The van der Waals surface area contributed by atoms with Crippen LogP contribution in [-0.2, 0) is 21.6 Å². The Bertz CT molecular complexity index is 784. The van der Waals surface area contributed by atoms with Crippen molar-refractivity contribution < 1.29 is 21.6 Å². The summed E-state index contributed by atoms with van der Waals surface area (Å²) in [6.07, 6.45) is -3.83. The highest BCUT2D eigenvalue weighted by Gasteiger charge is 2.37. The molecule has 0 radical (unpaired) electrons. The van der Waals surface area contributed by atoms with E-state index in [2.05, 4.69) is 0 Å². The van der Waals surface area contributed by atoms with E-state index >= 15 is 0 Å². The Hall–Kier alpha value is -1.76. The molecule has 0 aliphatic heterocycles. The predicted octanol–water partition coefficient (Wildman–Crippen LogP) is 4.04. The number of aromatic nitrogens is 1. The fourth-order valence-electron chi connectivity index (χ4n) is 2.03. The van der Waals surface area contributed by atoms with Gasteiger partial charge in [0.15, 0.2) is 0 Å². The molecule has 0 amide bonds. The Balaban J connectivity index is 2.60. The van der Waals surface area contributed by atoms with Crippen LogP contribution in [0.5, 0.6) is 0 Å². The summed E-state index contributed by atoms with van der Waals surface area (Å²) >= 11 is 0. The Labute approximate surface area is 127 Å². The number of nitrogens with zero attached hydrogens (tertiary/aromatic N) is 1. The van der Waals surface area contributed by atoms with Crippen molar-refractivity contribution in [2.24, 2.45) is 0 Å². The highest BCUT2D eigenvalue weighted by molar-refractivity contribution is 7.90. The molecule has 0 aliphatic rings. The molecule has 1 aromatic carbocycles. The lowest BCUT2D eigenvalue weighted by atomic mass is 9.87. The van der Waals surface area contributed by atoms with E-state index in [1.165, 1.54) is 18.2 Å². The van der Waals surface area contributed by atoms with Crippen molar-refractivity contribution in [1.29, 1.82) is 0 Å². The fourth-order valence-corrected chi connectivity index (χ4v) is 3.44. The molecule has 3 nitrogen and oxygen atoms in total. The molecule has 2 aromatic rings. The van der Waals surface area contributed by atoms with Crippen LogP contribution in [0.2, 0.25) is 0 Å². The molecule has 0 atom stereocenters. The van der Waals surface area contributed by atoms with E-state index in [0.29, 0.717) is 0 Å². The maximum absolute atomic E-state index is 12.9. The number of hydrogen-bond acceptors (Lipinski definition) is 2. The Kier molecular flexibility index (Phi) is 3.89. The predicted molar refractivity (Wildman–Crippen MR) is 77.2 cm³/mol. The second-order valence-corrected chi connectivity index (χ2v) is 7.78. The molecule has 7 heteroatoms. The van der Waals surface area contributed by atoms with Gasteiger partial charge in [0.2, 0.25) is 0 Å². The zero-order valence-corrected chi connectivity index (χ0v) is 13.2. The molecule has 120 valence electrons. The van der Waals surface area contributed by atoms with Crippen LogP contribution in [0.1, 0.15) is 32.0 Å². The number of benzene rings is 1. The first kappa shape index (κ1) is 16.6. The van der Waals surface area contributed by atoms with E-state index in [1.54, 1.807) is 6.07 Å². The Morgan fingerprint density at radius 1 is 1.00 bits per heavy atom. The summed E-state index contributed by atoms with van der Waals surface area (Å²) in [7, 11) is -4.30. The van der Waals surface area contributed by atoms with E-state index in [-0.39, 0.29) is 14.3 Å². The Morgan fingerprint density at radius 2 is 1.64 bits per heavy atom. The molecule has 22 heavy (non-hydrogen) atoms. The molecule has 0 bridgehead atoms. The van der Waals surface area contributed by atoms with Crippen LogP contribution in [-0.4, -0.2) is 12.4 Å². The molecule has 0 unspecified atom stereocenters. The van der Waals surface area contributed by atoms with Crippen LogP contribution in [0.25, 0.3) is 0 Å². The molecular formula is C15H16F3NO2S. The summed E-state index contributed by atoms with van der Waals surface area (Å²) in [5.41, 5.74) is -0.794. The van der Waals surface area contributed by atoms with Crippen molar-refractivity contribution in [3.8, 4) is 0 Å². The standard InChI is InChI=1S/C15H16F3NO2S/c1-14(2,3)11-6-4-7-12(10-11)22(20,21)19-9-5-8-13(19)15(16,17)18/h4-10H,1-3H3. The lowest BCUT2D eigenvalue weighted by molar-refractivity contribution is -0.141. The smallest absolute Gasteiger partial charge is 0.237 e. The first-order valence-corrected chi connectivity index (χ1v) is 7.99. The molecule has 0 fully saturated rings. The SMILES string of the molecule is CC(C)(C)c1cccc(S(=O)(=O)n2cccc2C(F)(F)F)c1. The zero-order valence-electron chi connectivity index (χ0n) is 12.3. The van der Waals surface area contributed by atoms with Gasteiger partial charge >= 0.3 is 6.18 Å². The number of rotatable bonds is 2. The van der Waals surface area contributed by atoms with E-state index in [4.69, 9.17) is 0 Å². The van der Waals surface area contributed by atoms with Gasteiger partial charge in [-0.3, -0.25) is 0 Å². The third-order valence-electron chi connectivity index (χ3n) is 3.26. The van der Waals surface area contributed by atoms with Crippen LogP contribution in [0.3, 0.4) is 0 Å². The molecule has 1 aromatic heterocycles. The van der Waals surface area contributed by atoms with E-state index < -0.39 is 21.9 Å². The third-order valence-corrected chi connectivity index (χ3v) is 4.95. The van der Waals surface area contributed by atoms with Gasteiger partial charge in [-0.1, -0.05) is 32.9 Å². The molecule has 2 rings (SSSR count). The summed E-state index contributed by atoms with van der Waals surface area (Å²) in [4.78, 5) is -0.165. The van der Waals surface area contributed by atoms with Crippen molar-refractivity contribution in [3.63, 3.8) is 0 Å². The van der Waals surface area contributed by atoms with E-state index in [1.807, 2.05) is 20.8 Å². The normalized spacial score (nSPS) is 13.4. The summed E-state index contributed by atoms with van der Waals surface area (Å²) in [5, 5.41) is 0. The number of alkyl halides is 3. The first-order chi connectivity index (χ1) is 9.94. The second-order valence-electron chi connectivity index (χ2n) is 5.97. The van der Waals surface area contributed by atoms with Gasteiger partial charge in [-0.25, -0.2) is 12.4 Å². The molecule has 0 aliphatic carbocycles. The number of halogens is 3. The van der Waals surface area contributed by atoms with Crippen LogP contribution in [0.15, 0.2) is 47.5 Å². The van der Waals surface area contributed by atoms with Crippen molar-refractivity contribution in [2.45, 2.75) is 37.3 Å². The maximum Gasteiger partial charge on any atom is 0.432 e. The molecule has 0 saturated carbocycles. The maximum atomic E-state index is 12.9. The summed E-state index contributed by atoms with van der Waals surface area (Å²) in [5.74, 6) is 0. The first-order valence-electron chi connectivity index (χ1n) is 6.55. The Morgan fingerprint density at radius 3 is 2.18 bits per heavy atom. The van der Waals surface area contributed by atoms with Gasteiger partial charge in [0, 0.05) is 6.20 Å². The summed E-state index contributed by atoms with van der Waals surface area (Å²) < 4.78 is 64.0. The van der Waals surface area contributed by atoms with Gasteiger partial charge in [-0.05, 0) is 35.2 Å². The van der Waals surface area contributed by atoms with E-state index in [0.717, 1.165) is 23.9 Å². The van der Waals surface area contributed by atoms with Crippen molar-refractivity contribution in [2.75, 3.05) is 0 Å². The number of hydrogen-bond donors (Lipinski definition) is 0. The van der Waals surface area contributed by atoms with Crippen molar-refractivity contribution >= 4 is 10.0 Å². The van der Waals surface area contributed by atoms with Gasteiger partial charge in [0.05, 0.1) is 4.90 Å². The average molecular weight is 331 g/mol. The molecule has 0 saturated heterocycles. The van der Waals surface area contributed by atoms with Crippen molar-refractivity contribution in [3.05, 3.63) is 53.9 Å².